The molecule has 1 aliphatic heterocycles. The van der Waals surface area contributed by atoms with E-state index in [1.165, 1.54) is 4.90 Å². The summed E-state index contributed by atoms with van der Waals surface area (Å²) in [7, 11) is 0. The van der Waals surface area contributed by atoms with Crippen LogP contribution in [0.3, 0.4) is 0 Å². The number of nitrogens with two attached hydrogens (primary N) is 1. The van der Waals surface area contributed by atoms with Crippen molar-refractivity contribution in [1.82, 2.24) is 4.90 Å². The summed E-state index contributed by atoms with van der Waals surface area (Å²) in [5.41, 5.74) is 7.33. The Morgan fingerprint density at radius 2 is 1.57 bits per heavy atom. The topological polar surface area (TPSA) is 63.4 Å². The van der Waals surface area contributed by atoms with Crippen LogP contribution in [0.25, 0.3) is 10.8 Å². The van der Waals surface area contributed by atoms with E-state index in [-0.39, 0.29) is 23.9 Å². The molecule has 1 saturated carbocycles. The highest BCUT2D eigenvalue weighted by molar-refractivity contribution is 6.25. The van der Waals surface area contributed by atoms with E-state index in [0.29, 0.717) is 11.1 Å². The largest absolute Gasteiger partial charge is 0.326 e. The van der Waals surface area contributed by atoms with Crippen LogP contribution in [-0.4, -0.2) is 28.8 Å². The van der Waals surface area contributed by atoms with Crippen molar-refractivity contribution < 1.29 is 9.59 Å². The maximum atomic E-state index is 12.8. The molecule has 0 spiro atoms. The van der Waals surface area contributed by atoms with Gasteiger partial charge in [0.05, 0.1) is 6.04 Å². The Hall–Kier alpha value is -2.20. The molecule has 1 aliphatic carbocycles. The molecule has 2 amide bonds. The van der Waals surface area contributed by atoms with E-state index < -0.39 is 0 Å². The maximum absolute atomic E-state index is 12.8. The van der Waals surface area contributed by atoms with Gasteiger partial charge in [-0.3, -0.25) is 14.5 Å². The van der Waals surface area contributed by atoms with Crippen LogP contribution in [0.5, 0.6) is 0 Å². The van der Waals surface area contributed by atoms with Crippen molar-refractivity contribution in [2.45, 2.75) is 31.3 Å². The van der Waals surface area contributed by atoms with E-state index in [9.17, 15) is 9.59 Å². The predicted octanol–water partition coefficient (Wildman–Crippen LogP) is 2.32. The molecular formula is C17H16N2O2. The van der Waals surface area contributed by atoms with Crippen molar-refractivity contribution in [3.63, 3.8) is 0 Å². The highest BCUT2D eigenvalue weighted by Gasteiger charge is 2.41. The lowest BCUT2D eigenvalue weighted by Crippen LogP contribution is -2.52. The van der Waals surface area contributed by atoms with Gasteiger partial charge in [0.1, 0.15) is 0 Å². The number of carbonyl (C=O) groups excluding carboxylic acids is 2. The molecule has 4 heteroatoms. The number of rotatable bonds is 1. The zero-order valence-electron chi connectivity index (χ0n) is 11.6. The summed E-state index contributed by atoms with van der Waals surface area (Å²) in [4.78, 5) is 27.0. The number of nitrogens with zero attached hydrogens (tertiary/aromatic N) is 1. The van der Waals surface area contributed by atoms with Crippen LogP contribution >= 0.6 is 0 Å². The van der Waals surface area contributed by atoms with E-state index >= 15 is 0 Å². The molecule has 4 rings (SSSR count). The van der Waals surface area contributed by atoms with Crippen molar-refractivity contribution in [3.05, 3.63) is 47.5 Å². The molecule has 21 heavy (non-hydrogen) atoms. The van der Waals surface area contributed by atoms with E-state index in [1.807, 2.05) is 24.3 Å². The molecule has 2 unspecified atom stereocenters. The van der Waals surface area contributed by atoms with Gasteiger partial charge in [0, 0.05) is 22.6 Å². The minimum atomic E-state index is -0.202. The highest BCUT2D eigenvalue weighted by Crippen LogP contribution is 2.34. The Balaban J connectivity index is 1.93. The van der Waals surface area contributed by atoms with Gasteiger partial charge in [-0.1, -0.05) is 24.3 Å². The molecule has 1 fully saturated rings. The summed E-state index contributed by atoms with van der Waals surface area (Å²) in [6.45, 7) is 0. The average molecular weight is 280 g/mol. The molecule has 0 radical (unpaired) electrons. The number of amides is 2. The van der Waals surface area contributed by atoms with Crippen LogP contribution in [-0.2, 0) is 0 Å². The van der Waals surface area contributed by atoms with E-state index in [0.717, 1.165) is 30.0 Å². The van der Waals surface area contributed by atoms with Crippen LogP contribution in [0.2, 0.25) is 0 Å². The Kier molecular flexibility index (Phi) is 2.62. The van der Waals surface area contributed by atoms with Crippen LogP contribution in [0.15, 0.2) is 36.4 Å². The molecule has 0 aromatic heterocycles. The molecule has 2 atom stereocenters. The monoisotopic (exact) mass is 280 g/mol. The summed E-state index contributed by atoms with van der Waals surface area (Å²) in [5.74, 6) is -0.404. The predicted molar refractivity (Wildman–Crippen MR) is 80.1 cm³/mol. The first-order valence-electron chi connectivity index (χ1n) is 7.33. The fourth-order valence-corrected chi connectivity index (χ4v) is 3.64. The number of imide groups is 1. The van der Waals surface area contributed by atoms with Crippen LogP contribution in [0, 0.1) is 0 Å². The number of carbonyl (C=O) groups is 2. The van der Waals surface area contributed by atoms with E-state index in [1.54, 1.807) is 12.1 Å². The second kappa shape index (κ2) is 4.40. The lowest BCUT2D eigenvalue weighted by Gasteiger charge is -2.33. The second-order valence-electron chi connectivity index (χ2n) is 5.85. The number of hydrogen-bond donors (Lipinski definition) is 1. The van der Waals surface area contributed by atoms with Gasteiger partial charge in [0.25, 0.3) is 11.8 Å². The summed E-state index contributed by atoms with van der Waals surface area (Å²) in [6.07, 6.45) is 2.64. The van der Waals surface area contributed by atoms with Crippen LogP contribution < -0.4 is 5.73 Å². The molecule has 2 aromatic rings. The number of benzene rings is 2. The van der Waals surface area contributed by atoms with Gasteiger partial charge in [0.15, 0.2) is 0 Å². The third-order valence-corrected chi connectivity index (χ3v) is 4.67. The van der Waals surface area contributed by atoms with Gasteiger partial charge in [-0.05, 0) is 36.8 Å². The first-order chi connectivity index (χ1) is 10.2. The van der Waals surface area contributed by atoms with Crippen molar-refractivity contribution in [3.8, 4) is 0 Å². The molecule has 2 aromatic carbocycles. The first kappa shape index (κ1) is 12.5. The Morgan fingerprint density at radius 1 is 0.952 bits per heavy atom. The zero-order valence-corrected chi connectivity index (χ0v) is 11.6. The zero-order chi connectivity index (χ0) is 14.6. The molecule has 2 N–H and O–H groups in total. The third-order valence-electron chi connectivity index (χ3n) is 4.67. The second-order valence-corrected chi connectivity index (χ2v) is 5.85. The van der Waals surface area contributed by atoms with Gasteiger partial charge in [-0.2, -0.15) is 0 Å². The molecule has 106 valence electrons. The summed E-state index contributed by atoms with van der Waals surface area (Å²) in [6, 6.07) is 10.9. The summed E-state index contributed by atoms with van der Waals surface area (Å²) >= 11 is 0. The van der Waals surface area contributed by atoms with Crippen LogP contribution in [0.1, 0.15) is 40.0 Å². The average Bonchev–Trinajstić information content (AvgIpc) is 2.91. The minimum Gasteiger partial charge on any atom is -0.326 e. The van der Waals surface area contributed by atoms with Crippen LogP contribution in [0.4, 0.5) is 0 Å². The summed E-state index contributed by atoms with van der Waals surface area (Å²) < 4.78 is 0. The van der Waals surface area contributed by atoms with Crippen molar-refractivity contribution >= 4 is 22.6 Å². The van der Waals surface area contributed by atoms with E-state index in [4.69, 9.17) is 5.73 Å². The van der Waals surface area contributed by atoms with Crippen molar-refractivity contribution in [1.29, 1.82) is 0 Å². The highest BCUT2D eigenvalue weighted by atomic mass is 16.2. The number of hydrogen-bond acceptors (Lipinski definition) is 3. The normalized spacial score (nSPS) is 24.9. The molecule has 0 bridgehead atoms. The quantitative estimate of drug-likeness (QED) is 0.815. The van der Waals surface area contributed by atoms with Gasteiger partial charge in [-0.15, -0.1) is 0 Å². The molecule has 4 nitrogen and oxygen atoms in total. The standard InChI is InChI=1S/C17H16N2O2/c18-13-8-3-9-14(13)19-16(20)11-6-1-4-10-5-2-7-12(15(10)11)17(19)21/h1-2,4-7,13-14H,3,8-9,18H2. The Labute approximate surface area is 122 Å². The fraction of sp³-hybridized carbons (Fsp3) is 0.294. The van der Waals surface area contributed by atoms with Gasteiger partial charge >= 0.3 is 0 Å². The molecule has 1 heterocycles. The molecular weight excluding hydrogens is 264 g/mol. The maximum Gasteiger partial charge on any atom is 0.261 e. The lowest BCUT2D eigenvalue weighted by molar-refractivity contribution is 0.0529. The first-order valence-corrected chi connectivity index (χ1v) is 7.33. The minimum absolute atomic E-state index is 0.109. The summed E-state index contributed by atoms with van der Waals surface area (Å²) in [5, 5.41) is 1.71. The van der Waals surface area contributed by atoms with Gasteiger partial charge in [0.2, 0.25) is 0 Å². The lowest BCUT2D eigenvalue weighted by atomic mass is 9.92. The van der Waals surface area contributed by atoms with Crippen molar-refractivity contribution in [2.75, 3.05) is 0 Å². The van der Waals surface area contributed by atoms with E-state index in [2.05, 4.69) is 0 Å². The molecule has 0 saturated heterocycles. The van der Waals surface area contributed by atoms with Crippen molar-refractivity contribution in [2.24, 2.45) is 5.73 Å². The Morgan fingerprint density at radius 3 is 2.10 bits per heavy atom. The smallest absolute Gasteiger partial charge is 0.261 e. The fourth-order valence-electron chi connectivity index (χ4n) is 3.64. The molecule has 2 aliphatic rings. The SMILES string of the molecule is NC1CCCC1N1C(=O)c2cccc3cccc(c23)C1=O. The van der Waals surface area contributed by atoms with Gasteiger partial charge < -0.3 is 5.73 Å². The third kappa shape index (κ3) is 1.66. The van der Waals surface area contributed by atoms with Gasteiger partial charge in [-0.25, -0.2) is 0 Å². The Bertz CT molecular complexity index is 718.